The van der Waals surface area contributed by atoms with Gasteiger partial charge < -0.3 is 9.84 Å². The maximum atomic E-state index is 12.3. The van der Waals surface area contributed by atoms with E-state index in [1.54, 1.807) is 25.3 Å². The van der Waals surface area contributed by atoms with Gasteiger partial charge in [-0.1, -0.05) is 15.9 Å². The lowest BCUT2D eigenvalue weighted by Crippen LogP contribution is -2.06. The Kier molecular flexibility index (Phi) is 5.42. The first-order chi connectivity index (χ1) is 11.5. The smallest absolute Gasteiger partial charge is 0.341 e. The van der Waals surface area contributed by atoms with Gasteiger partial charge in [-0.15, -0.1) is 11.3 Å². The van der Waals surface area contributed by atoms with Gasteiger partial charge in [0.25, 0.3) is 0 Å². The molecule has 2 aromatic rings. The van der Waals surface area contributed by atoms with E-state index >= 15 is 0 Å². The van der Waals surface area contributed by atoms with Crippen LogP contribution in [0.15, 0.2) is 26.1 Å². The number of phenolic OH excluding ortho intramolecular Hbond substituents is 1. The van der Waals surface area contributed by atoms with E-state index in [2.05, 4.69) is 36.9 Å². The summed E-state index contributed by atoms with van der Waals surface area (Å²) in [6, 6.07) is 3.53. The normalized spacial score (nSPS) is 13.5. The fourth-order valence-corrected chi connectivity index (χ4v) is 5.19. The molecule has 3 rings (SSSR count). The molecule has 1 heterocycles. The van der Waals surface area contributed by atoms with Gasteiger partial charge in [-0.05, 0) is 59.8 Å². The summed E-state index contributed by atoms with van der Waals surface area (Å²) in [6.07, 6.45) is 4.52. The third-order valence-electron chi connectivity index (χ3n) is 3.76. The molecule has 1 aromatic heterocycles. The number of aliphatic imine (C=N–C) groups is 1. The number of halogens is 2. The minimum atomic E-state index is -0.316. The molecule has 1 N–H and O–H groups in total. The molecule has 1 aromatic carbocycles. The van der Waals surface area contributed by atoms with E-state index in [4.69, 9.17) is 4.74 Å². The van der Waals surface area contributed by atoms with Gasteiger partial charge in [0.1, 0.15) is 10.8 Å². The van der Waals surface area contributed by atoms with Crippen LogP contribution in [-0.2, 0) is 17.6 Å². The van der Waals surface area contributed by atoms with Crippen molar-refractivity contribution in [3.63, 3.8) is 0 Å². The monoisotopic (exact) mass is 471 g/mol. The summed E-state index contributed by atoms with van der Waals surface area (Å²) in [5.41, 5.74) is 2.23. The van der Waals surface area contributed by atoms with Crippen LogP contribution in [0.5, 0.6) is 5.75 Å². The molecule has 0 bridgehead atoms. The first-order valence-corrected chi connectivity index (χ1v) is 9.95. The molecule has 1 aliphatic carbocycles. The van der Waals surface area contributed by atoms with Gasteiger partial charge in [0.05, 0.1) is 16.6 Å². The quantitative estimate of drug-likeness (QED) is 0.479. The van der Waals surface area contributed by atoms with Crippen molar-refractivity contribution in [3.05, 3.63) is 42.6 Å². The molecule has 7 heteroatoms. The minimum Gasteiger partial charge on any atom is -0.506 e. The van der Waals surface area contributed by atoms with Crippen LogP contribution in [0.4, 0.5) is 5.00 Å². The van der Waals surface area contributed by atoms with Gasteiger partial charge in [-0.25, -0.2) is 9.79 Å². The maximum Gasteiger partial charge on any atom is 0.341 e. The number of aryl methyl sites for hydroxylation is 1. The van der Waals surface area contributed by atoms with E-state index in [9.17, 15) is 9.90 Å². The second-order valence-electron chi connectivity index (χ2n) is 5.34. The molecule has 0 saturated carbocycles. The molecule has 0 saturated heterocycles. The lowest BCUT2D eigenvalue weighted by Gasteiger charge is -2.04. The summed E-state index contributed by atoms with van der Waals surface area (Å²) in [5, 5.41) is 10.8. The number of nitrogens with zero attached hydrogens (tertiary/aromatic N) is 1. The first kappa shape index (κ1) is 17.6. The van der Waals surface area contributed by atoms with Crippen molar-refractivity contribution in [1.29, 1.82) is 0 Å². The maximum absolute atomic E-state index is 12.3. The summed E-state index contributed by atoms with van der Waals surface area (Å²) >= 11 is 8.23. The van der Waals surface area contributed by atoms with Crippen LogP contribution >= 0.6 is 43.2 Å². The highest BCUT2D eigenvalue weighted by Gasteiger charge is 2.27. The zero-order chi connectivity index (χ0) is 17.3. The van der Waals surface area contributed by atoms with Crippen LogP contribution in [-0.4, -0.2) is 23.9 Å². The van der Waals surface area contributed by atoms with Crippen LogP contribution in [0.2, 0.25) is 0 Å². The topological polar surface area (TPSA) is 58.9 Å². The highest BCUT2D eigenvalue weighted by molar-refractivity contribution is 9.11. The van der Waals surface area contributed by atoms with Crippen molar-refractivity contribution >= 4 is 60.4 Å². The highest BCUT2D eigenvalue weighted by Crippen LogP contribution is 2.41. The van der Waals surface area contributed by atoms with Gasteiger partial charge >= 0.3 is 5.97 Å². The second kappa shape index (κ2) is 7.37. The fraction of sp³-hybridized carbons (Fsp3) is 0.294. The number of aromatic hydroxyl groups is 1. The van der Waals surface area contributed by atoms with E-state index in [-0.39, 0.29) is 11.7 Å². The van der Waals surface area contributed by atoms with Crippen molar-refractivity contribution in [2.75, 3.05) is 6.61 Å². The second-order valence-corrected chi connectivity index (χ2v) is 8.20. The zero-order valence-electron chi connectivity index (χ0n) is 12.9. The molecule has 4 nitrogen and oxygen atoms in total. The lowest BCUT2D eigenvalue weighted by molar-refractivity contribution is 0.0527. The Morgan fingerprint density at radius 2 is 2.21 bits per heavy atom. The molecule has 24 heavy (non-hydrogen) atoms. The third kappa shape index (κ3) is 3.43. The Morgan fingerprint density at radius 1 is 1.42 bits per heavy atom. The number of fused-ring (bicyclic) bond motifs is 1. The van der Waals surface area contributed by atoms with Gasteiger partial charge in [0.2, 0.25) is 0 Å². The molecule has 126 valence electrons. The third-order valence-corrected chi connectivity index (χ3v) is 6.02. The Morgan fingerprint density at radius 3 is 2.96 bits per heavy atom. The standard InChI is InChI=1S/C17H15Br2NO3S/c1-2-23-17(22)14-11-4-3-5-13(11)24-16(14)20-8-9-6-10(18)7-12(19)15(9)21/h6-8,21H,2-5H2,1H3. The summed E-state index contributed by atoms with van der Waals surface area (Å²) in [4.78, 5) is 18.0. The number of rotatable bonds is 4. The summed E-state index contributed by atoms with van der Waals surface area (Å²) in [7, 11) is 0. The summed E-state index contributed by atoms with van der Waals surface area (Å²) in [6.45, 7) is 2.14. The number of benzene rings is 1. The molecule has 0 atom stereocenters. The van der Waals surface area contributed by atoms with Crippen LogP contribution in [0.25, 0.3) is 0 Å². The van der Waals surface area contributed by atoms with Gasteiger partial charge in [-0.3, -0.25) is 0 Å². The summed E-state index contributed by atoms with van der Waals surface area (Å²) < 4.78 is 6.60. The number of phenols is 1. The van der Waals surface area contributed by atoms with Crippen LogP contribution in [0.3, 0.4) is 0 Å². The van der Waals surface area contributed by atoms with E-state index in [1.165, 1.54) is 16.2 Å². The number of esters is 1. The van der Waals surface area contributed by atoms with Crippen LogP contribution < -0.4 is 0 Å². The molecular weight excluding hydrogens is 458 g/mol. The zero-order valence-corrected chi connectivity index (χ0v) is 16.9. The molecule has 0 fully saturated rings. The Labute approximate surface area is 160 Å². The predicted octanol–water partition coefficient (Wildman–Crippen LogP) is 5.39. The molecule has 1 aliphatic rings. The van der Waals surface area contributed by atoms with E-state index in [0.29, 0.717) is 27.2 Å². The molecule has 0 radical (unpaired) electrons. The molecular formula is C17H15Br2NO3S. The van der Waals surface area contributed by atoms with Gasteiger partial charge in [0.15, 0.2) is 0 Å². The molecule has 0 unspecified atom stereocenters. The summed E-state index contributed by atoms with van der Waals surface area (Å²) in [5.74, 6) is -0.201. The van der Waals surface area contributed by atoms with Crippen LogP contribution in [0.1, 0.15) is 39.7 Å². The van der Waals surface area contributed by atoms with Gasteiger partial charge in [-0.2, -0.15) is 0 Å². The largest absolute Gasteiger partial charge is 0.506 e. The number of ether oxygens (including phenoxy) is 1. The average molecular weight is 473 g/mol. The molecule has 0 spiro atoms. The van der Waals surface area contributed by atoms with Crippen molar-refractivity contribution in [1.82, 2.24) is 0 Å². The lowest BCUT2D eigenvalue weighted by atomic mass is 10.1. The SMILES string of the molecule is CCOC(=O)c1c(N=Cc2cc(Br)cc(Br)c2O)sc2c1CCC2. The van der Waals surface area contributed by atoms with Crippen molar-refractivity contribution in [2.24, 2.45) is 4.99 Å². The van der Waals surface area contributed by atoms with Gasteiger partial charge in [0, 0.05) is 21.1 Å². The van der Waals surface area contributed by atoms with E-state index in [0.717, 1.165) is 29.3 Å². The first-order valence-electron chi connectivity index (χ1n) is 7.55. The minimum absolute atomic E-state index is 0.115. The van der Waals surface area contributed by atoms with Crippen molar-refractivity contribution < 1.29 is 14.6 Å². The van der Waals surface area contributed by atoms with E-state index < -0.39 is 0 Å². The van der Waals surface area contributed by atoms with Crippen molar-refractivity contribution in [3.8, 4) is 5.75 Å². The average Bonchev–Trinajstić information content (AvgIpc) is 3.09. The number of thiophene rings is 1. The van der Waals surface area contributed by atoms with E-state index in [1.807, 2.05) is 0 Å². The number of hydrogen-bond acceptors (Lipinski definition) is 5. The van der Waals surface area contributed by atoms with Crippen molar-refractivity contribution in [2.45, 2.75) is 26.2 Å². The number of hydrogen-bond donors (Lipinski definition) is 1. The Bertz CT molecular complexity index is 830. The highest BCUT2D eigenvalue weighted by atomic mass is 79.9. The fourth-order valence-electron chi connectivity index (χ4n) is 2.71. The number of carbonyl (C=O) groups is 1. The predicted molar refractivity (Wildman–Crippen MR) is 103 cm³/mol. The molecule has 0 aliphatic heterocycles. The number of carbonyl (C=O) groups excluding carboxylic acids is 1. The van der Waals surface area contributed by atoms with Crippen LogP contribution in [0, 0.1) is 0 Å². The Hall–Kier alpha value is -1.18. The Balaban J connectivity index is 2.00. The molecule has 0 amide bonds.